The largest absolute Gasteiger partial charge is 0.465 e. The molecular weight excluding hydrogens is 460 g/mol. The van der Waals surface area contributed by atoms with Crippen molar-refractivity contribution in [1.29, 1.82) is 0 Å². The quantitative estimate of drug-likeness (QED) is 0.386. The van der Waals surface area contributed by atoms with Crippen LogP contribution in [-0.4, -0.2) is 41.7 Å². The summed E-state index contributed by atoms with van der Waals surface area (Å²) in [4.78, 5) is 58.7. The topological polar surface area (TPSA) is 122 Å². The maximum Gasteiger partial charge on any atom is 0.332 e. The summed E-state index contributed by atoms with van der Waals surface area (Å²) >= 11 is 1.29. The molecule has 0 saturated carbocycles. The van der Waals surface area contributed by atoms with Crippen LogP contribution in [0.3, 0.4) is 0 Å². The second kappa shape index (κ2) is 8.86. The number of imidazole rings is 1. The number of carbonyl (C=O) groups is 2. The van der Waals surface area contributed by atoms with Crippen molar-refractivity contribution in [2.75, 3.05) is 6.61 Å². The molecule has 0 fully saturated rings. The predicted molar refractivity (Wildman–Crippen MR) is 127 cm³/mol. The Balaban J connectivity index is 1.80. The van der Waals surface area contributed by atoms with Gasteiger partial charge >= 0.3 is 11.7 Å². The second-order valence-electron chi connectivity index (χ2n) is 7.94. The molecule has 0 atom stereocenters. The molecule has 178 valence electrons. The molecule has 1 amide bonds. The zero-order chi connectivity index (χ0) is 24.7. The van der Waals surface area contributed by atoms with E-state index >= 15 is 0 Å². The fourth-order valence-electron chi connectivity index (χ4n) is 3.70. The lowest BCUT2D eigenvalue weighted by Crippen LogP contribution is -2.37. The maximum atomic E-state index is 12.9. The van der Waals surface area contributed by atoms with Gasteiger partial charge in [0.05, 0.1) is 23.2 Å². The number of hydrogen-bond donors (Lipinski definition) is 0. The summed E-state index contributed by atoms with van der Waals surface area (Å²) in [6.07, 6.45) is 1.34. The Morgan fingerprint density at radius 2 is 1.79 bits per heavy atom. The summed E-state index contributed by atoms with van der Waals surface area (Å²) in [5.74, 6) is -0.966. The molecule has 0 spiro atoms. The van der Waals surface area contributed by atoms with E-state index in [-0.39, 0.29) is 30.9 Å². The fourth-order valence-corrected chi connectivity index (χ4v) is 4.83. The second-order valence-corrected chi connectivity index (χ2v) is 8.95. The van der Waals surface area contributed by atoms with Crippen LogP contribution >= 0.6 is 11.3 Å². The molecule has 0 N–H and O–H groups in total. The van der Waals surface area contributed by atoms with E-state index in [1.54, 1.807) is 11.5 Å². The first-order valence-corrected chi connectivity index (χ1v) is 11.4. The van der Waals surface area contributed by atoms with Crippen LogP contribution in [0, 0.1) is 13.8 Å². The zero-order valence-corrected chi connectivity index (χ0v) is 20.3. The minimum absolute atomic E-state index is 0.0842. The molecule has 4 aromatic rings. The molecule has 0 saturated heterocycles. The van der Waals surface area contributed by atoms with Crippen LogP contribution in [0.2, 0.25) is 0 Å². The third-order valence-electron chi connectivity index (χ3n) is 5.63. The number of esters is 1. The van der Waals surface area contributed by atoms with E-state index in [0.29, 0.717) is 4.80 Å². The molecule has 0 aliphatic rings. The molecule has 0 aliphatic heterocycles. The highest BCUT2D eigenvalue weighted by molar-refractivity contribution is 7.16. The van der Waals surface area contributed by atoms with Crippen LogP contribution in [-0.2, 0) is 41.5 Å². The molecule has 12 heteroatoms. The Hall–Kier alpha value is -3.80. The standard InChI is InChI=1S/C22H24N6O5S/c1-6-33-17(30)10-28-14-7-12(2)13(3)8-15(14)34-21(28)24-16(29)9-27-11-23-19-18(27)20(31)26(5)22(32)25(19)4/h7-8,11H,6,9-10H2,1-5H3. The number of aryl methyl sites for hydroxylation is 3. The summed E-state index contributed by atoms with van der Waals surface area (Å²) in [6, 6.07) is 3.95. The van der Waals surface area contributed by atoms with Gasteiger partial charge in [-0.1, -0.05) is 11.3 Å². The normalized spacial score (nSPS) is 12.1. The molecule has 34 heavy (non-hydrogen) atoms. The number of aromatic nitrogens is 5. The lowest BCUT2D eigenvalue weighted by atomic mass is 10.1. The first-order chi connectivity index (χ1) is 16.1. The van der Waals surface area contributed by atoms with Gasteiger partial charge in [-0.3, -0.25) is 23.5 Å². The Labute approximate surface area is 197 Å². The Kier molecular flexibility index (Phi) is 6.09. The molecule has 0 aliphatic carbocycles. The van der Waals surface area contributed by atoms with Crippen molar-refractivity contribution >= 4 is 44.6 Å². The lowest BCUT2D eigenvalue weighted by molar-refractivity contribution is -0.143. The van der Waals surface area contributed by atoms with Crippen molar-refractivity contribution < 1.29 is 14.3 Å². The first kappa shape index (κ1) is 23.4. The van der Waals surface area contributed by atoms with Crippen molar-refractivity contribution in [3.8, 4) is 0 Å². The van der Waals surface area contributed by atoms with E-state index in [1.165, 1.54) is 40.9 Å². The SMILES string of the molecule is CCOC(=O)Cn1c(=NC(=O)Cn2cnc3c2c(=O)n(C)c(=O)n3C)sc2cc(C)c(C)cc21. The van der Waals surface area contributed by atoms with E-state index in [4.69, 9.17) is 4.74 Å². The van der Waals surface area contributed by atoms with Crippen LogP contribution in [0.1, 0.15) is 18.1 Å². The van der Waals surface area contributed by atoms with Gasteiger partial charge in [-0.05, 0) is 44.0 Å². The fraction of sp³-hybridized carbons (Fsp3) is 0.364. The van der Waals surface area contributed by atoms with Crippen molar-refractivity contribution in [3.05, 3.63) is 55.2 Å². The molecule has 0 unspecified atom stereocenters. The molecule has 3 heterocycles. The summed E-state index contributed by atoms with van der Waals surface area (Å²) in [7, 11) is 2.88. The maximum absolute atomic E-state index is 12.9. The van der Waals surface area contributed by atoms with Crippen LogP contribution in [0.15, 0.2) is 33.0 Å². The minimum Gasteiger partial charge on any atom is -0.465 e. The molecular formula is C22H24N6O5S. The van der Waals surface area contributed by atoms with Gasteiger partial charge in [-0.2, -0.15) is 4.99 Å². The Morgan fingerprint density at radius 3 is 2.50 bits per heavy atom. The lowest BCUT2D eigenvalue weighted by Gasteiger charge is -2.07. The van der Waals surface area contributed by atoms with Crippen LogP contribution < -0.4 is 16.1 Å². The highest BCUT2D eigenvalue weighted by Gasteiger charge is 2.17. The molecule has 3 aromatic heterocycles. The van der Waals surface area contributed by atoms with Crippen molar-refractivity contribution in [3.63, 3.8) is 0 Å². The van der Waals surface area contributed by atoms with Gasteiger partial charge in [0.25, 0.3) is 11.5 Å². The molecule has 11 nitrogen and oxygen atoms in total. The number of rotatable bonds is 5. The first-order valence-electron chi connectivity index (χ1n) is 10.6. The highest BCUT2D eigenvalue weighted by Crippen LogP contribution is 2.22. The van der Waals surface area contributed by atoms with E-state index in [9.17, 15) is 19.2 Å². The average Bonchev–Trinajstić information content (AvgIpc) is 3.33. The summed E-state index contributed by atoms with van der Waals surface area (Å²) in [6.45, 7) is 5.60. The van der Waals surface area contributed by atoms with E-state index < -0.39 is 23.1 Å². The number of amides is 1. The highest BCUT2D eigenvalue weighted by atomic mass is 32.1. The number of fused-ring (bicyclic) bond motifs is 2. The third kappa shape index (κ3) is 4.00. The van der Waals surface area contributed by atoms with Crippen molar-refractivity contribution in [2.45, 2.75) is 33.9 Å². The smallest absolute Gasteiger partial charge is 0.332 e. The number of ether oxygens (including phenoxy) is 1. The Bertz CT molecular complexity index is 1650. The van der Waals surface area contributed by atoms with E-state index in [0.717, 1.165) is 25.9 Å². The van der Waals surface area contributed by atoms with E-state index in [2.05, 4.69) is 9.98 Å². The van der Waals surface area contributed by atoms with Gasteiger partial charge in [0, 0.05) is 14.1 Å². The number of benzene rings is 1. The third-order valence-corrected chi connectivity index (χ3v) is 6.68. The van der Waals surface area contributed by atoms with Crippen molar-refractivity contribution in [2.24, 2.45) is 19.1 Å². The number of hydrogen-bond acceptors (Lipinski definition) is 7. The van der Waals surface area contributed by atoms with Gasteiger partial charge in [0.1, 0.15) is 13.1 Å². The summed E-state index contributed by atoms with van der Waals surface area (Å²) < 4.78 is 11.2. The average molecular weight is 485 g/mol. The van der Waals surface area contributed by atoms with E-state index in [1.807, 2.05) is 26.0 Å². The monoisotopic (exact) mass is 484 g/mol. The van der Waals surface area contributed by atoms with Gasteiger partial charge in [-0.25, -0.2) is 9.78 Å². The zero-order valence-electron chi connectivity index (χ0n) is 19.5. The molecule has 1 aromatic carbocycles. The number of carbonyl (C=O) groups excluding carboxylic acids is 2. The van der Waals surface area contributed by atoms with Gasteiger partial charge in [0.15, 0.2) is 16.0 Å². The Morgan fingerprint density at radius 1 is 1.09 bits per heavy atom. The summed E-state index contributed by atoms with van der Waals surface area (Å²) in [5, 5.41) is 0. The summed E-state index contributed by atoms with van der Waals surface area (Å²) in [5.41, 5.74) is 2.18. The van der Waals surface area contributed by atoms with Gasteiger partial charge in [0.2, 0.25) is 0 Å². The number of thiazole rings is 1. The molecule has 0 bridgehead atoms. The number of nitrogens with zero attached hydrogens (tertiary/aromatic N) is 6. The minimum atomic E-state index is -0.548. The molecule has 0 radical (unpaired) electrons. The molecule has 4 rings (SSSR count). The van der Waals surface area contributed by atoms with Gasteiger partial charge in [-0.15, -0.1) is 0 Å². The van der Waals surface area contributed by atoms with Gasteiger partial charge < -0.3 is 13.9 Å². The van der Waals surface area contributed by atoms with Crippen LogP contribution in [0.25, 0.3) is 21.4 Å². The van der Waals surface area contributed by atoms with Crippen LogP contribution in [0.5, 0.6) is 0 Å². The van der Waals surface area contributed by atoms with Crippen LogP contribution in [0.4, 0.5) is 0 Å². The van der Waals surface area contributed by atoms with Crippen molar-refractivity contribution in [1.82, 2.24) is 23.3 Å². The predicted octanol–water partition coefficient (Wildman–Crippen LogP) is 0.757.